The molecular formula is C14H20N4O4S2. The Balaban J connectivity index is 2.19. The van der Waals surface area contributed by atoms with E-state index in [1.165, 1.54) is 12.1 Å². The molecule has 1 fully saturated rings. The van der Waals surface area contributed by atoms with Crippen molar-refractivity contribution < 1.29 is 18.3 Å². The predicted octanol–water partition coefficient (Wildman–Crippen LogP) is 2.18. The summed E-state index contributed by atoms with van der Waals surface area (Å²) in [7, 11) is -3.84. The van der Waals surface area contributed by atoms with Crippen LogP contribution in [0.4, 0.5) is 5.69 Å². The van der Waals surface area contributed by atoms with Gasteiger partial charge in [-0.05, 0) is 38.1 Å². The highest BCUT2D eigenvalue weighted by Crippen LogP contribution is 2.30. The summed E-state index contributed by atoms with van der Waals surface area (Å²) in [6, 6.07) is 5.96. The van der Waals surface area contributed by atoms with Crippen LogP contribution in [0.15, 0.2) is 39.5 Å². The maximum Gasteiger partial charge on any atom is 0.332 e. The molecule has 1 N–H and O–H groups in total. The van der Waals surface area contributed by atoms with E-state index in [1.54, 1.807) is 17.1 Å². The molecule has 0 bridgehead atoms. The number of hydrogen-bond acceptors (Lipinski definition) is 6. The smallest absolute Gasteiger partial charge is 0.332 e. The van der Waals surface area contributed by atoms with Crippen LogP contribution in [-0.2, 0) is 14.8 Å². The third-order valence-corrected chi connectivity index (χ3v) is 6.72. The Hall–Kier alpha value is -1.65. The fourth-order valence-electron chi connectivity index (χ4n) is 2.18. The second kappa shape index (κ2) is 7.95. The summed E-state index contributed by atoms with van der Waals surface area (Å²) in [5, 5.41) is 18.0. The summed E-state index contributed by atoms with van der Waals surface area (Å²) >= 11 is 1.11. The zero-order valence-electron chi connectivity index (χ0n) is 13.5. The second-order valence-electron chi connectivity index (χ2n) is 5.00. The van der Waals surface area contributed by atoms with Gasteiger partial charge in [-0.25, -0.2) is 13.2 Å². The second-order valence-corrected chi connectivity index (χ2v) is 8.08. The van der Waals surface area contributed by atoms with Crippen LogP contribution in [0, 0.1) is 0 Å². The van der Waals surface area contributed by atoms with Gasteiger partial charge in [-0.1, -0.05) is 5.22 Å². The topological polar surface area (TPSA) is 103 Å². The molecule has 8 nitrogen and oxygen atoms in total. The van der Waals surface area contributed by atoms with E-state index in [-0.39, 0.29) is 11.4 Å². The molecule has 0 saturated carbocycles. The van der Waals surface area contributed by atoms with E-state index in [0.29, 0.717) is 11.4 Å². The average Bonchev–Trinajstić information content (AvgIpc) is 3.07. The summed E-state index contributed by atoms with van der Waals surface area (Å²) in [6.45, 7) is 5.58. The van der Waals surface area contributed by atoms with Crippen LogP contribution in [-0.4, -0.2) is 59.6 Å². The van der Waals surface area contributed by atoms with Crippen LogP contribution < -0.4 is 0 Å². The van der Waals surface area contributed by atoms with Crippen molar-refractivity contribution in [3.05, 3.63) is 24.3 Å². The van der Waals surface area contributed by atoms with Crippen molar-refractivity contribution >= 4 is 33.4 Å². The van der Waals surface area contributed by atoms with Gasteiger partial charge in [-0.3, -0.25) is 5.01 Å². The standard InChI is InChI=1S/C14H20N4O4S2/c1-3-17(4-2)16-15-11-5-7-12(8-6-11)24(21,22)18-9-10-23-13(18)14(19)20/h5-8,13H,3-4,9-10H2,1-2H3,(H,19,20)/t13-/m0/s1. The molecule has 1 aromatic rings. The molecule has 1 atom stereocenters. The van der Waals surface area contributed by atoms with Crippen LogP contribution in [0.25, 0.3) is 0 Å². The van der Waals surface area contributed by atoms with E-state index in [0.717, 1.165) is 29.2 Å². The Bertz CT molecular complexity index is 702. The molecular weight excluding hydrogens is 352 g/mol. The number of carbonyl (C=O) groups is 1. The number of rotatable bonds is 7. The molecule has 10 heteroatoms. The lowest BCUT2D eigenvalue weighted by Crippen LogP contribution is -2.39. The van der Waals surface area contributed by atoms with Gasteiger partial charge in [0.2, 0.25) is 10.0 Å². The number of thioether (sulfide) groups is 1. The highest BCUT2D eigenvalue weighted by molar-refractivity contribution is 8.02. The summed E-state index contributed by atoms with van der Waals surface area (Å²) in [5.41, 5.74) is 0.534. The van der Waals surface area contributed by atoms with Crippen LogP contribution in [0.5, 0.6) is 0 Å². The number of hydrogen-bond donors (Lipinski definition) is 1. The minimum absolute atomic E-state index is 0.0537. The molecule has 0 unspecified atom stereocenters. The zero-order chi connectivity index (χ0) is 17.7. The Morgan fingerprint density at radius 2 is 1.96 bits per heavy atom. The first-order valence-electron chi connectivity index (χ1n) is 7.53. The molecule has 1 aliphatic heterocycles. The number of carboxylic acids is 1. The van der Waals surface area contributed by atoms with Gasteiger partial charge in [0.1, 0.15) is 0 Å². The van der Waals surface area contributed by atoms with Crippen LogP contribution in [0.2, 0.25) is 0 Å². The molecule has 0 spiro atoms. The predicted molar refractivity (Wildman–Crippen MR) is 91.7 cm³/mol. The number of carboxylic acid groups (broad SMARTS) is 1. The molecule has 0 aromatic heterocycles. The number of aliphatic carboxylic acids is 1. The third-order valence-electron chi connectivity index (χ3n) is 3.52. The fraction of sp³-hybridized carbons (Fsp3) is 0.500. The molecule has 0 radical (unpaired) electrons. The van der Waals surface area contributed by atoms with Gasteiger partial charge >= 0.3 is 5.97 Å². The number of sulfonamides is 1. The monoisotopic (exact) mass is 372 g/mol. The number of benzene rings is 1. The number of nitrogens with zero attached hydrogens (tertiary/aromatic N) is 4. The molecule has 1 heterocycles. The Kier molecular flexibility index (Phi) is 6.19. The molecule has 0 amide bonds. The van der Waals surface area contributed by atoms with Crippen molar-refractivity contribution in [2.24, 2.45) is 10.3 Å². The molecule has 132 valence electrons. The van der Waals surface area contributed by atoms with Gasteiger partial charge in [-0.15, -0.1) is 16.9 Å². The molecule has 1 saturated heterocycles. The highest BCUT2D eigenvalue weighted by atomic mass is 32.2. The van der Waals surface area contributed by atoms with Gasteiger partial charge in [0.25, 0.3) is 0 Å². The maximum atomic E-state index is 12.6. The minimum atomic E-state index is -3.84. The first kappa shape index (κ1) is 18.7. The summed E-state index contributed by atoms with van der Waals surface area (Å²) < 4.78 is 26.2. The summed E-state index contributed by atoms with van der Waals surface area (Å²) in [5.74, 6) is -0.683. The van der Waals surface area contributed by atoms with E-state index in [2.05, 4.69) is 10.3 Å². The molecule has 2 rings (SSSR count). The van der Waals surface area contributed by atoms with Crippen molar-refractivity contribution in [1.29, 1.82) is 0 Å². The van der Waals surface area contributed by atoms with Gasteiger partial charge in [0.05, 0.1) is 10.6 Å². The lowest BCUT2D eigenvalue weighted by atomic mass is 10.3. The summed E-state index contributed by atoms with van der Waals surface area (Å²) in [6.07, 6.45) is 0. The largest absolute Gasteiger partial charge is 0.479 e. The van der Waals surface area contributed by atoms with Crippen LogP contribution in [0.3, 0.4) is 0 Å². The van der Waals surface area contributed by atoms with Crippen LogP contribution >= 0.6 is 11.8 Å². The normalized spacial score (nSPS) is 19.0. The lowest BCUT2D eigenvalue weighted by molar-refractivity contribution is -0.138. The molecule has 24 heavy (non-hydrogen) atoms. The SMILES string of the molecule is CCN(CC)N=Nc1ccc(S(=O)(=O)N2CCS[C@H]2C(=O)O)cc1. The minimum Gasteiger partial charge on any atom is -0.479 e. The zero-order valence-corrected chi connectivity index (χ0v) is 15.1. The van der Waals surface area contributed by atoms with Gasteiger partial charge < -0.3 is 5.11 Å². The molecule has 1 aromatic carbocycles. The van der Waals surface area contributed by atoms with Crippen molar-refractivity contribution in [2.45, 2.75) is 24.1 Å². The van der Waals surface area contributed by atoms with E-state index in [4.69, 9.17) is 5.11 Å². The van der Waals surface area contributed by atoms with Crippen molar-refractivity contribution in [2.75, 3.05) is 25.4 Å². The van der Waals surface area contributed by atoms with E-state index >= 15 is 0 Å². The van der Waals surface area contributed by atoms with Gasteiger partial charge in [-0.2, -0.15) is 4.31 Å². The average molecular weight is 372 g/mol. The molecule has 1 aliphatic rings. The molecule has 0 aliphatic carbocycles. The lowest BCUT2D eigenvalue weighted by Gasteiger charge is -2.20. The maximum absolute atomic E-state index is 12.6. The van der Waals surface area contributed by atoms with Gasteiger partial charge in [0.15, 0.2) is 5.37 Å². The van der Waals surface area contributed by atoms with E-state index < -0.39 is 21.4 Å². The van der Waals surface area contributed by atoms with E-state index in [9.17, 15) is 13.2 Å². The van der Waals surface area contributed by atoms with Gasteiger partial charge in [0, 0.05) is 25.4 Å². The summed E-state index contributed by atoms with van der Waals surface area (Å²) in [4.78, 5) is 11.2. The Morgan fingerprint density at radius 1 is 1.33 bits per heavy atom. The Morgan fingerprint density at radius 3 is 2.50 bits per heavy atom. The fourth-order valence-corrected chi connectivity index (χ4v) is 5.18. The van der Waals surface area contributed by atoms with Crippen LogP contribution in [0.1, 0.15) is 13.8 Å². The Labute approximate surface area is 145 Å². The van der Waals surface area contributed by atoms with E-state index in [1.807, 2.05) is 13.8 Å². The van der Waals surface area contributed by atoms with Crippen molar-refractivity contribution in [3.8, 4) is 0 Å². The first-order valence-corrected chi connectivity index (χ1v) is 10.0. The third kappa shape index (κ3) is 4.05. The first-order chi connectivity index (χ1) is 11.4. The quantitative estimate of drug-likeness (QED) is 0.581. The highest BCUT2D eigenvalue weighted by Gasteiger charge is 2.40. The van der Waals surface area contributed by atoms with Crippen molar-refractivity contribution in [1.82, 2.24) is 9.31 Å². The van der Waals surface area contributed by atoms with Crippen molar-refractivity contribution in [3.63, 3.8) is 0 Å².